The summed E-state index contributed by atoms with van der Waals surface area (Å²) in [6.07, 6.45) is 3.68. The Morgan fingerprint density at radius 3 is 2.25 bits per heavy atom. The van der Waals surface area contributed by atoms with E-state index in [2.05, 4.69) is 10.2 Å². The molecule has 9 nitrogen and oxygen atoms in total. The Morgan fingerprint density at radius 1 is 1.08 bits per heavy atom. The van der Waals surface area contributed by atoms with Crippen molar-refractivity contribution in [2.75, 3.05) is 13.1 Å². The number of piperidine rings is 1. The van der Waals surface area contributed by atoms with Gasteiger partial charge in [-0.2, -0.15) is 0 Å². The largest absolute Gasteiger partial charge is 0.433 e. The Bertz CT molecular complexity index is 770. The number of hydrogen-bond acceptors (Lipinski definition) is 7. The van der Waals surface area contributed by atoms with E-state index in [1.165, 1.54) is 12.1 Å². The molecular weight excluding hydrogens is 316 g/mol. The molecule has 0 atom stereocenters. The number of aromatic nitrogens is 2. The number of nitro groups is 1. The molecule has 0 radical (unpaired) electrons. The lowest BCUT2D eigenvalue weighted by Gasteiger charge is -2.29. The average molecular weight is 332 g/mol. The second-order valence-corrected chi connectivity index (χ2v) is 6.21. The highest BCUT2D eigenvalue weighted by Crippen LogP contribution is 2.40. The van der Waals surface area contributed by atoms with Gasteiger partial charge in [0.25, 0.3) is 5.91 Å². The van der Waals surface area contributed by atoms with E-state index in [0.29, 0.717) is 24.9 Å². The van der Waals surface area contributed by atoms with Gasteiger partial charge in [0.15, 0.2) is 5.76 Å². The third-order valence-corrected chi connectivity index (χ3v) is 4.50. The fourth-order valence-electron chi connectivity index (χ4n) is 2.93. The lowest BCUT2D eigenvalue weighted by molar-refractivity contribution is -0.402. The van der Waals surface area contributed by atoms with Crippen LogP contribution in [-0.2, 0) is 0 Å². The molecule has 2 fully saturated rings. The van der Waals surface area contributed by atoms with Gasteiger partial charge in [0.2, 0.25) is 11.8 Å². The maximum absolute atomic E-state index is 12.3. The molecule has 3 heterocycles. The van der Waals surface area contributed by atoms with Crippen LogP contribution in [0.15, 0.2) is 21.0 Å². The number of nitrogens with zero attached hydrogens (tertiary/aromatic N) is 4. The van der Waals surface area contributed by atoms with Crippen LogP contribution >= 0.6 is 0 Å². The van der Waals surface area contributed by atoms with Crippen molar-refractivity contribution in [2.45, 2.75) is 37.5 Å². The molecule has 4 rings (SSSR count). The zero-order valence-corrected chi connectivity index (χ0v) is 12.9. The molecule has 24 heavy (non-hydrogen) atoms. The number of likely N-dealkylation sites (tertiary alicyclic amines) is 1. The van der Waals surface area contributed by atoms with Crippen molar-refractivity contribution in [3.05, 3.63) is 39.8 Å². The predicted octanol–water partition coefficient (Wildman–Crippen LogP) is 2.47. The molecule has 1 amide bonds. The Hall–Kier alpha value is -2.71. The normalized spacial score (nSPS) is 18.8. The van der Waals surface area contributed by atoms with Crippen LogP contribution in [0.3, 0.4) is 0 Å². The summed E-state index contributed by atoms with van der Waals surface area (Å²) in [4.78, 5) is 23.9. The van der Waals surface area contributed by atoms with Gasteiger partial charge in [-0.1, -0.05) is 0 Å². The number of rotatable bonds is 4. The van der Waals surface area contributed by atoms with E-state index in [1.54, 1.807) is 4.90 Å². The lowest BCUT2D eigenvalue weighted by atomic mass is 9.96. The Morgan fingerprint density at radius 2 is 1.71 bits per heavy atom. The molecule has 1 aliphatic heterocycles. The van der Waals surface area contributed by atoms with Gasteiger partial charge in [0, 0.05) is 24.9 Å². The first-order valence-corrected chi connectivity index (χ1v) is 7.98. The first kappa shape index (κ1) is 14.9. The number of carbonyl (C=O) groups is 1. The van der Waals surface area contributed by atoms with Gasteiger partial charge in [-0.15, -0.1) is 10.2 Å². The Balaban J connectivity index is 1.37. The van der Waals surface area contributed by atoms with Gasteiger partial charge < -0.3 is 13.7 Å². The molecule has 2 aliphatic rings. The first-order valence-electron chi connectivity index (χ1n) is 7.98. The fourth-order valence-corrected chi connectivity index (χ4v) is 2.93. The quantitative estimate of drug-likeness (QED) is 0.623. The minimum absolute atomic E-state index is 0.00559. The molecule has 0 unspecified atom stereocenters. The van der Waals surface area contributed by atoms with Crippen LogP contribution in [0.4, 0.5) is 5.88 Å². The molecule has 126 valence electrons. The van der Waals surface area contributed by atoms with Crippen LogP contribution in [0.25, 0.3) is 0 Å². The van der Waals surface area contributed by atoms with Crippen LogP contribution in [0.1, 0.15) is 59.9 Å². The third kappa shape index (κ3) is 2.77. The molecule has 0 bridgehead atoms. The summed E-state index contributed by atoms with van der Waals surface area (Å²) in [6, 6.07) is 2.53. The predicted molar refractivity (Wildman–Crippen MR) is 79.5 cm³/mol. The minimum atomic E-state index is -0.657. The van der Waals surface area contributed by atoms with Crippen molar-refractivity contribution >= 4 is 11.8 Å². The molecule has 1 aliphatic carbocycles. The highest BCUT2D eigenvalue weighted by molar-refractivity contribution is 5.91. The Kier molecular flexibility index (Phi) is 3.55. The summed E-state index contributed by atoms with van der Waals surface area (Å²) < 4.78 is 10.7. The lowest BCUT2D eigenvalue weighted by Crippen LogP contribution is -2.37. The van der Waals surface area contributed by atoms with E-state index in [1.807, 2.05) is 0 Å². The summed E-state index contributed by atoms with van der Waals surface area (Å²) in [6.45, 7) is 1.05. The maximum Gasteiger partial charge on any atom is 0.433 e. The van der Waals surface area contributed by atoms with Gasteiger partial charge in [-0.3, -0.25) is 14.9 Å². The van der Waals surface area contributed by atoms with Crippen molar-refractivity contribution in [2.24, 2.45) is 0 Å². The standard InChI is InChI=1S/C15H16N4O5/c20-15(11-3-4-12(23-11)19(21)22)18-7-5-10(6-8-18)14-17-16-13(24-14)9-1-2-9/h3-4,9-10H,1-2,5-8H2. The molecule has 2 aromatic rings. The maximum atomic E-state index is 12.3. The molecular formula is C15H16N4O5. The van der Waals surface area contributed by atoms with Crippen molar-refractivity contribution < 1.29 is 18.6 Å². The SMILES string of the molecule is O=C(c1ccc([N+](=O)[O-])o1)N1CCC(c2nnc(C3CC3)o2)CC1. The zero-order chi connectivity index (χ0) is 16.7. The van der Waals surface area contributed by atoms with Gasteiger partial charge in [0.1, 0.15) is 4.92 Å². The second-order valence-electron chi connectivity index (χ2n) is 6.21. The molecule has 0 N–H and O–H groups in total. The van der Waals surface area contributed by atoms with Crippen LogP contribution in [0.5, 0.6) is 0 Å². The molecule has 9 heteroatoms. The van der Waals surface area contributed by atoms with Crippen LogP contribution in [0.2, 0.25) is 0 Å². The zero-order valence-electron chi connectivity index (χ0n) is 12.9. The molecule has 1 saturated heterocycles. The van der Waals surface area contributed by atoms with Gasteiger partial charge in [-0.25, -0.2) is 0 Å². The third-order valence-electron chi connectivity index (χ3n) is 4.50. The molecule has 0 spiro atoms. The summed E-state index contributed by atoms with van der Waals surface area (Å²) in [7, 11) is 0. The highest BCUT2D eigenvalue weighted by Gasteiger charge is 2.33. The van der Waals surface area contributed by atoms with Crippen molar-refractivity contribution in [1.29, 1.82) is 0 Å². The average Bonchev–Trinajstić information content (AvgIpc) is 3.13. The second kappa shape index (κ2) is 5.73. The summed E-state index contributed by atoms with van der Waals surface area (Å²) >= 11 is 0. The molecule has 0 aromatic carbocycles. The van der Waals surface area contributed by atoms with E-state index < -0.39 is 10.8 Å². The van der Waals surface area contributed by atoms with Gasteiger partial charge in [-0.05, 0) is 31.7 Å². The monoisotopic (exact) mass is 332 g/mol. The number of amides is 1. The van der Waals surface area contributed by atoms with Crippen LogP contribution in [-0.4, -0.2) is 39.0 Å². The molecule has 1 saturated carbocycles. The summed E-state index contributed by atoms with van der Waals surface area (Å²) in [5, 5.41) is 18.9. The van der Waals surface area contributed by atoms with E-state index >= 15 is 0 Å². The van der Waals surface area contributed by atoms with Gasteiger partial charge >= 0.3 is 5.88 Å². The van der Waals surface area contributed by atoms with Crippen molar-refractivity contribution in [1.82, 2.24) is 15.1 Å². The smallest absolute Gasteiger partial charge is 0.425 e. The summed E-state index contributed by atoms with van der Waals surface area (Å²) in [5.41, 5.74) is 0. The number of furan rings is 1. The molecule has 2 aromatic heterocycles. The van der Waals surface area contributed by atoms with E-state index in [-0.39, 0.29) is 17.6 Å². The minimum Gasteiger partial charge on any atom is -0.425 e. The topological polar surface area (TPSA) is 116 Å². The van der Waals surface area contributed by atoms with Gasteiger partial charge in [0.05, 0.1) is 6.07 Å². The van der Waals surface area contributed by atoms with Crippen molar-refractivity contribution in [3.63, 3.8) is 0 Å². The van der Waals surface area contributed by atoms with E-state index in [0.717, 1.165) is 31.6 Å². The van der Waals surface area contributed by atoms with E-state index in [4.69, 9.17) is 8.83 Å². The number of carbonyl (C=O) groups excluding carboxylic acids is 1. The first-order chi connectivity index (χ1) is 11.6. The van der Waals surface area contributed by atoms with E-state index in [9.17, 15) is 14.9 Å². The Labute approximate surface area is 136 Å². The van der Waals surface area contributed by atoms with Crippen LogP contribution in [0, 0.1) is 10.1 Å². The van der Waals surface area contributed by atoms with Crippen molar-refractivity contribution in [3.8, 4) is 0 Å². The number of hydrogen-bond donors (Lipinski definition) is 0. The highest BCUT2D eigenvalue weighted by atomic mass is 16.6. The van der Waals surface area contributed by atoms with Crippen LogP contribution < -0.4 is 0 Å². The summed E-state index contributed by atoms with van der Waals surface area (Å²) in [5.74, 6) is 1.21. The fraction of sp³-hybridized carbons (Fsp3) is 0.533.